The number of aliphatic carboxylic acids is 1. The largest absolute Gasteiger partial charge is 0.493 e. The number of hydrogen-bond acceptors (Lipinski definition) is 14. The molecule has 0 saturated carbocycles. The molecule has 3 aromatic carbocycles. The second-order valence-corrected chi connectivity index (χ2v) is 16.2. The summed E-state index contributed by atoms with van der Waals surface area (Å²) in [6.45, 7) is 7.42. The Morgan fingerprint density at radius 3 is 2.19 bits per heavy atom. The quantitative estimate of drug-likeness (QED) is 0.119. The summed E-state index contributed by atoms with van der Waals surface area (Å²) < 4.78 is 56.6. The second-order valence-electron chi connectivity index (χ2n) is 16.2. The van der Waals surface area contributed by atoms with Crippen LogP contribution in [0.3, 0.4) is 0 Å². The van der Waals surface area contributed by atoms with Gasteiger partial charge in [-0.2, -0.15) is 10.2 Å². The van der Waals surface area contributed by atoms with Gasteiger partial charge < -0.3 is 49.2 Å². The molecule has 0 bridgehead atoms. The van der Waals surface area contributed by atoms with E-state index in [9.17, 15) is 34.4 Å². The molecule has 20 heteroatoms. The number of aliphatic hydroxyl groups excluding tert-OH is 3. The summed E-state index contributed by atoms with van der Waals surface area (Å²) in [7, 11) is 0. The van der Waals surface area contributed by atoms with Crippen molar-refractivity contribution in [3.8, 4) is 11.4 Å². The number of hydrogen-bond donors (Lipinski definition) is 4. The van der Waals surface area contributed by atoms with E-state index in [-0.39, 0.29) is 18.0 Å². The first-order valence-corrected chi connectivity index (χ1v) is 20.8. The number of carboxylic acid groups (broad SMARTS) is 1. The Hall–Kier alpha value is -5.77. The fourth-order valence-corrected chi connectivity index (χ4v) is 8.69. The van der Waals surface area contributed by atoms with E-state index in [2.05, 4.69) is 25.0 Å². The molecule has 63 heavy (non-hydrogen) atoms. The van der Waals surface area contributed by atoms with Crippen LogP contribution in [0.2, 0.25) is 0 Å². The van der Waals surface area contributed by atoms with Crippen LogP contribution in [0.1, 0.15) is 38.3 Å². The standard InChI is InChI=1S/C43H50F2N8O10/c1-3-35(26(2)62-41-38(56)36(54)37(55)39(63-41)40(57)58)53-42(59)52(25-48-53)31-7-5-29(6-8-31)49-14-16-50(17-15-49)30-9-11-32(12-10-30)60-20-27-19-43(61-21-27,22-51-24-46-23-47-51)33-13-4-28(44)18-34(33)45/h4-13,18,23-27,35-39,41,54-56H,3,14-17,19-22H2,1-2H3,(H,57,58)/t26-,27+,35-,36?,37-,38+,39-,41+,43-/m1/s1. The minimum atomic E-state index is -1.85. The third-order valence-corrected chi connectivity index (χ3v) is 12.1. The number of aromatic nitrogens is 6. The lowest BCUT2D eigenvalue weighted by molar-refractivity contribution is -0.306. The van der Waals surface area contributed by atoms with Crippen LogP contribution in [-0.2, 0) is 31.2 Å². The highest BCUT2D eigenvalue weighted by atomic mass is 19.1. The molecule has 8 rings (SSSR count). The first-order valence-electron chi connectivity index (χ1n) is 20.8. The lowest BCUT2D eigenvalue weighted by Gasteiger charge is -2.40. The third kappa shape index (κ3) is 9.18. The van der Waals surface area contributed by atoms with Gasteiger partial charge in [-0.15, -0.1) is 0 Å². The number of anilines is 2. The first-order chi connectivity index (χ1) is 30.3. The molecule has 5 heterocycles. The van der Waals surface area contributed by atoms with Crippen molar-refractivity contribution < 1.29 is 52.9 Å². The van der Waals surface area contributed by atoms with Crippen LogP contribution >= 0.6 is 0 Å². The SMILES string of the molecule is CC[C@H]([C@@H](C)O[C@H]1O[C@@H](C(=O)O)[C@H](O)C(O)[C@@H]1O)n1ncn(-c2ccc(N3CCN(c4ccc(OC[C@H]5CO[C@](Cn6cncn6)(c6ccc(F)cc6F)C5)cc4)CC3)cc2)c1=O. The van der Waals surface area contributed by atoms with Crippen LogP contribution in [0.5, 0.6) is 5.75 Å². The maximum Gasteiger partial charge on any atom is 0.350 e. The van der Waals surface area contributed by atoms with E-state index in [1.165, 1.54) is 40.4 Å². The van der Waals surface area contributed by atoms with Crippen molar-refractivity contribution in [1.29, 1.82) is 0 Å². The van der Waals surface area contributed by atoms with Gasteiger partial charge in [0.05, 0.1) is 37.6 Å². The van der Waals surface area contributed by atoms with Gasteiger partial charge in [-0.05, 0) is 74.4 Å². The number of ether oxygens (including phenoxy) is 4. The molecule has 3 fully saturated rings. The second kappa shape index (κ2) is 18.5. The van der Waals surface area contributed by atoms with Crippen LogP contribution in [0.15, 0.2) is 90.5 Å². The molecule has 0 aliphatic carbocycles. The van der Waals surface area contributed by atoms with Crippen LogP contribution < -0.4 is 20.2 Å². The third-order valence-electron chi connectivity index (χ3n) is 12.1. The van der Waals surface area contributed by atoms with Gasteiger partial charge in [0.15, 0.2) is 12.4 Å². The number of piperazine rings is 1. The number of nitrogens with zero attached hydrogens (tertiary/aromatic N) is 8. The fraction of sp³-hybridized carbons (Fsp3) is 0.465. The van der Waals surface area contributed by atoms with Crippen LogP contribution in [0, 0.1) is 17.6 Å². The van der Waals surface area contributed by atoms with Crippen LogP contribution in [0.4, 0.5) is 20.2 Å². The van der Waals surface area contributed by atoms with E-state index in [4.69, 9.17) is 18.9 Å². The minimum Gasteiger partial charge on any atom is -0.493 e. The summed E-state index contributed by atoms with van der Waals surface area (Å²) in [6.07, 6.45) is -4.42. The highest BCUT2D eigenvalue weighted by Gasteiger charge is 2.48. The maximum atomic E-state index is 15.0. The van der Waals surface area contributed by atoms with Crippen molar-refractivity contribution in [1.82, 2.24) is 29.1 Å². The lowest BCUT2D eigenvalue weighted by atomic mass is 9.87. The van der Waals surface area contributed by atoms with Gasteiger partial charge in [-0.25, -0.2) is 37.3 Å². The molecular weight excluding hydrogens is 827 g/mol. The molecule has 4 N–H and O–H groups in total. The Labute approximate surface area is 360 Å². The Morgan fingerprint density at radius 2 is 1.57 bits per heavy atom. The molecule has 0 amide bonds. The first kappa shape index (κ1) is 43.9. The van der Waals surface area contributed by atoms with Gasteiger partial charge in [0.25, 0.3) is 0 Å². The number of benzene rings is 3. The molecule has 1 unspecified atom stereocenters. The predicted octanol–water partition coefficient (Wildman–Crippen LogP) is 2.49. The smallest absolute Gasteiger partial charge is 0.350 e. The van der Waals surface area contributed by atoms with Crippen molar-refractivity contribution in [3.63, 3.8) is 0 Å². The van der Waals surface area contributed by atoms with E-state index in [0.717, 1.165) is 43.6 Å². The number of carboxylic acids is 1. The summed E-state index contributed by atoms with van der Waals surface area (Å²) in [5.41, 5.74) is 1.44. The van der Waals surface area contributed by atoms with Gasteiger partial charge in [-0.3, -0.25) is 0 Å². The highest BCUT2D eigenvalue weighted by molar-refractivity contribution is 5.73. The molecule has 3 saturated heterocycles. The van der Waals surface area contributed by atoms with Crippen molar-refractivity contribution in [2.24, 2.45) is 5.92 Å². The topological polar surface area (TPSA) is 212 Å². The molecule has 336 valence electrons. The molecule has 5 aromatic rings. The molecule has 18 nitrogen and oxygen atoms in total. The summed E-state index contributed by atoms with van der Waals surface area (Å²) in [5, 5.41) is 48.5. The van der Waals surface area contributed by atoms with E-state index >= 15 is 4.39 Å². The van der Waals surface area contributed by atoms with E-state index < -0.39 is 71.7 Å². The van der Waals surface area contributed by atoms with Crippen LogP contribution in [0.25, 0.3) is 5.69 Å². The monoisotopic (exact) mass is 876 g/mol. The number of halogens is 2. The molecular formula is C43H50F2N8O10. The van der Waals surface area contributed by atoms with E-state index in [0.29, 0.717) is 37.5 Å². The molecule has 2 aromatic heterocycles. The number of rotatable bonds is 15. The number of aliphatic hydroxyl groups is 3. The average molecular weight is 877 g/mol. The van der Waals surface area contributed by atoms with Crippen molar-refractivity contribution >= 4 is 17.3 Å². The Kier molecular flexibility index (Phi) is 12.9. The minimum absolute atomic E-state index is 0.0488. The molecule has 9 atom stereocenters. The van der Waals surface area contributed by atoms with Gasteiger partial charge >= 0.3 is 11.7 Å². The summed E-state index contributed by atoms with van der Waals surface area (Å²) in [6, 6.07) is 18.4. The molecule has 3 aliphatic heterocycles. The van der Waals surface area contributed by atoms with Gasteiger partial charge in [-0.1, -0.05) is 13.0 Å². The van der Waals surface area contributed by atoms with Gasteiger partial charge in [0, 0.05) is 55.1 Å². The molecule has 3 aliphatic rings. The zero-order chi connectivity index (χ0) is 44.4. The number of carbonyl (C=O) groups is 1. The zero-order valence-corrected chi connectivity index (χ0v) is 34.6. The predicted molar refractivity (Wildman–Crippen MR) is 220 cm³/mol. The zero-order valence-electron chi connectivity index (χ0n) is 34.6. The Morgan fingerprint density at radius 1 is 0.905 bits per heavy atom. The summed E-state index contributed by atoms with van der Waals surface area (Å²) >= 11 is 0. The molecule has 0 spiro atoms. The van der Waals surface area contributed by atoms with Crippen molar-refractivity contribution in [3.05, 3.63) is 113 Å². The van der Waals surface area contributed by atoms with Crippen molar-refractivity contribution in [2.75, 3.05) is 49.2 Å². The van der Waals surface area contributed by atoms with E-state index in [1.807, 2.05) is 55.5 Å². The molecule has 0 radical (unpaired) electrons. The highest BCUT2D eigenvalue weighted by Crippen LogP contribution is 2.42. The summed E-state index contributed by atoms with van der Waals surface area (Å²) in [5.74, 6) is -2.20. The van der Waals surface area contributed by atoms with Gasteiger partial charge in [0.2, 0.25) is 0 Å². The van der Waals surface area contributed by atoms with E-state index in [1.54, 1.807) is 11.6 Å². The maximum absolute atomic E-state index is 15.0. The Balaban J connectivity index is 0.832. The fourth-order valence-electron chi connectivity index (χ4n) is 8.69. The normalized spacial score (nSPS) is 26.1. The van der Waals surface area contributed by atoms with Gasteiger partial charge in [0.1, 0.15) is 60.3 Å². The van der Waals surface area contributed by atoms with Crippen LogP contribution in [-0.4, -0.2) is 132 Å². The Bertz CT molecular complexity index is 2380. The van der Waals surface area contributed by atoms with Crippen molar-refractivity contribution in [2.45, 2.75) is 81.7 Å². The average Bonchev–Trinajstić information content (AvgIpc) is 4.05. The summed E-state index contributed by atoms with van der Waals surface area (Å²) in [4.78, 5) is 33.7. The lowest BCUT2D eigenvalue weighted by Crippen LogP contribution is -2.61.